The lowest BCUT2D eigenvalue weighted by molar-refractivity contribution is -0.140. The average molecular weight is 152 g/mol. The van der Waals surface area contributed by atoms with Gasteiger partial charge in [-0.3, -0.25) is 14.4 Å². The van der Waals surface area contributed by atoms with Gasteiger partial charge in [0.15, 0.2) is 5.78 Å². The summed E-state index contributed by atoms with van der Waals surface area (Å²) < 4.78 is 0. The van der Waals surface area contributed by atoms with Crippen molar-refractivity contribution >= 4 is 17.3 Å². The maximum absolute atomic E-state index is 11.0. The molecule has 1 rings (SSSR count). The standard InChI is InChI=1S/C8H8O3/c1-4-3-6(9)8(11)5(2)7(4)10/h3,5H,1-2H3. The van der Waals surface area contributed by atoms with Gasteiger partial charge < -0.3 is 0 Å². The summed E-state index contributed by atoms with van der Waals surface area (Å²) in [6.45, 7) is 3.00. The highest BCUT2D eigenvalue weighted by molar-refractivity contribution is 6.48. The van der Waals surface area contributed by atoms with Crippen molar-refractivity contribution in [1.29, 1.82) is 0 Å². The van der Waals surface area contributed by atoms with E-state index in [-0.39, 0.29) is 5.78 Å². The molecule has 0 aliphatic heterocycles. The van der Waals surface area contributed by atoms with Crippen LogP contribution in [0.5, 0.6) is 0 Å². The highest BCUT2D eigenvalue weighted by Crippen LogP contribution is 2.13. The fourth-order valence-corrected chi connectivity index (χ4v) is 1.01. The minimum Gasteiger partial charge on any atom is -0.294 e. The number of rotatable bonds is 0. The third kappa shape index (κ3) is 1.13. The summed E-state index contributed by atoms with van der Waals surface area (Å²) in [7, 11) is 0. The molecule has 11 heavy (non-hydrogen) atoms. The molecule has 1 aliphatic rings. The van der Waals surface area contributed by atoms with Crippen LogP contribution in [0.2, 0.25) is 0 Å². The molecule has 0 bridgehead atoms. The lowest BCUT2D eigenvalue weighted by Gasteiger charge is -2.12. The van der Waals surface area contributed by atoms with Crippen molar-refractivity contribution in [2.24, 2.45) is 5.92 Å². The largest absolute Gasteiger partial charge is 0.294 e. The Morgan fingerprint density at radius 2 is 1.73 bits per heavy atom. The zero-order valence-corrected chi connectivity index (χ0v) is 6.38. The first kappa shape index (κ1) is 7.85. The summed E-state index contributed by atoms with van der Waals surface area (Å²) in [5.41, 5.74) is 0.377. The molecule has 1 atom stereocenters. The molecular formula is C8H8O3. The molecule has 0 aromatic carbocycles. The van der Waals surface area contributed by atoms with Gasteiger partial charge in [-0.25, -0.2) is 0 Å². The third-order valence-corrected chi connectivity index (χ3v) is 1.77. The summed E-state index contributed by atoms with van der Waals surface area (Å²) in [5, 5.41) is 0. The molecule has 0 saturated heterocycles. The van der Waals surface area contributed by atoms with Gasteiger partial charge in [0.25, 0.3) is 0 Å². The van der Waals surface area contributed by atoms with Gasteiger partial charge in [0.05, 0.1) is 5.92 Å². The first-order valence-corrected chi connectivity index (χ1v) is 3.34. The van der Waals surface area contributed by atoms with E-state index in [0.29, 0.717) is 5.57 Å². The van der Waals surface area contributed by atoms with Crippen LogP contribution in [-0.2, 0) is 14.4 Å². The van der Waals surface area contributed by atoms with E-state index < -0.39 is 17.5 Å². The maximum atomic E-state index is 11.0. The molecule has 3 nitrogen and oxygen atoms in total. The van der Waals surface area contributed by atoms with Crippen molar-refractivity contribution in [2.45, 2.75) is 13.8 Å². The molecule has 0 fully saturated rings. The Hall–Kier alpha value is -1.25. The van der Waals surface area contributed by atoms with E-state index in [0.717, 1.165) is 6.08 Å². The zero-order chi connectivity index (χ0) is 8.59. The molecule has 0 aromatic rings. The second-order valence-corrected chi connectivity index (χ2v) is 2.64. The molecule has 0 N–H and O–H groups in total. The number of carbonyl (C=O) groups excluding carboxylic acids is 3. The van der Waals surface area contributed by atoms with Crippen LogP contribution in [0.4, 0.5) is 0 Å². The van der Waals surface area contributed by atoms with E-state index in [4.69, 9.17) is 0 Å². The molecule has 0 spiro atoms. The third-order valence-electron chi connectivity index (χ3n) is 1.77. The molecule has 1 aliphatic carbocycles. The zero-order valence-electron chi connectivity index (χ0n) is 6.38. The van der Waals surface area contributed by atoms with Gasteiger partial charge in [0.1, 0.15) is 0 Å². The molecular weight excluding hydrogens is 144 g/mol. The van der Waals surface area contributed by atoms with Crippen molar-refractivity contribution in [3.63, 3.8) is 0 Å². The van der Waals surface area contributed by atoms with Crippen LogP contribution in [0, 0.1) is 5.92 Å². The SMILES string of the molecule is CC1=CC(=O)C(=O)C(C)C1=O. The van der Waals surface area contributed by atoms with Crippen molar-refractivity contribution < 1.29 is 14.4 Å². The lowest BCUT2D eigenvalue weighted by atomic mass is 9.88. The molecule has 1 unspecified atom stereocenters. The topological polar surface area (TPSA) is 51.2 Å². The second-order valence-electron chi connectivity index (χ2n) is 2.64. The van der Waals surface area contributed by atoms with E-state index in [1.54, 1.807) is 6.92 Å². The van der Waals surface area contributed by atoms with Crippen molar-refractivity contribution in [3.05, 3.63) is 11.6 Å². The van der Waals surface area contributed by atoms with E-state index in [2.05, 4.69) is 0 Å². The monoisotopic (exact) mass is 152 g/mol. The predicted molar refractivity (Wildman–Crippen MR) is 37.9 cm³/mol. The van der Waals surface area contributed by atoms with Crippen LogP contribution in [0.3, 0.4) is 0 Å². The Labute approximate surface area is 64.1 Å². The van der Waals surface area contributed by atoms with Gasteiger partial charge in [-0.1, -0.05) is 0 Å². The molecule has 0 saturated carbocycles. The van der Waals surface area contributed by atoms with Crippen molar-refractivity contribution in [2.75, 3.05) is 0 Å². The molecule has 3 heteroatoms. The molecule has 0 amide bonds. The molecule has 0 heterocycles. The van der Waals surface area contributed by atoms with E-state index >= 15 is 0 Å². The number of Topliss-reactive ketones (excluding diaryl/α,β-unsaturated/α-hetero) is 2. The molecule has 0 radical (unpaired) electrons. The fourth-order valence-electron chi connectivity index (χ4n) is 1.01. The summed E-state index contributed by atoms with van der Waals surface area (Å²) >= 11 is 0. The van der Waals surface area contributed by atoms with Crippen LogP contribution in [-0.4, -0.2) is 17.3 Å². The number of hydrogen-bond donors (Lipinski definition) is 0. The van der Waals surface area contributed by atoms with Crippen molar-refractivity contribution in [1.82, 2.24) is 0 Å². The highest BCUT2D eigenvalue weighted by Gasteiger charge is 2.31. The quantitative estimate of drug-likeness (QED) is 0.370. The molecule has 58 valence electrons. The van der Waals surface area contributed by atoms with Gasteiger partial charge in [-0.2, -0.15) is 0 Å². The predicted octanol–water partition coefficient (Wildman–Crippen LogP) is 0.290. The Bertz CT molecular complexity index is 273. The van der Waals surface area contributed by atoms with E-state index in [1.807, 2.05) is 0 Å². The summed E-state index contributed by atoms with van der Waals surface area (Å²) in [4.78, 5) is 32.7. The summed E-state index contributed by atoms with van der Waals surface area (Å²) in [6.07, 6.45) is 1.10. The Kier molecular flexibility index (Phi) is 1.72. The number of carbonyl (C=O) groups is 3. The van der Waals surface area contributed by atoms with Gasteiger partial charge in [-0.05, 0) is 25.5 Å². The second kappa shape index (κ2) is 2.42. The van der Waals surface area contributed by atoms with Gasteiger partial charge in [0, 0.05) is 0 Å². The first-order valence-electron chi connectivity index (χ1n) is 3.34. The average Bonchev–Trinajstić information content (AvgIpc) is 1.97. The summed E-state index contributed by atoms with van der Waals surface area (Å²) in [6, 6.07) is 0. The van der Waals surface area contributed by atoms with Gasteiger partial charge in [0.2, 0.25) is 11.6 Å². The minimum absolute atomic E-state index is 0.241. The van der Waals surface area contributed by atoms with Crippen LogP contribution in [0.15, 0.2) is 11.6 Å². The minimum atomic E-state index is -0.771. The normalized spacial score (nSPS) is 25.5. The van der Waals surface area contributed by atoms with E-state index in [9.17, 15) is 14.4 Å². The Balaban J connectivity index is 3.11. The van der Waals surface area contributed by atoms with Gasteiger partial charge >= 0.3 is 0 Å². The Morgan fingerprint density at radius 3 is 2.27 bits per heavy atom. The number of allylic oxidation sites excluding steroid dienone is 2. The van der Waals surface area contributed by atoms with Crippen molar-refractivity contribution in [3.8, 4) is 0 Å². The van der Waals surface area contributed by atoms with Gasteiger partial charge in [-0.15, -0.1) is 0 Å². The smallest absolute Gasteiger partial charge is 0.222 e. The van der Waals surface area contributed by atoms with Crippen LogP contribution >= 0.6 is 0 Å². The fraction of sp³-hybridized carbons (Fsp3) is 0.375. The Morgan fingerprint density at radius 1 is 1.18 bits per heavy atom. The number of hydrogen-bond acceptors (Lipinski definition) is 3. The maximum Gasteiger partial charge on any atom is 0.222 e. The number of ketones is 3. The molecule has 0 aromatic heterocycles. The highest BCUT2D eigenvalue weighted by atomic mass is 16.2. The van der Waals surface area contributed by atoms with Crippen LogP contribution < -0.4 is 0 Å². The van der Waals surface area contributed by atoms with Crippen LogP contribution in [0.1, 0.15) is 13.8 Å². The lowest BCUT2D eigenvalue weighted by Crippen LogP contribution is -2.32. The van der Waals surface area contributed by atoms with E-state index in [1.165, 1.54) is 6.92 Å². The summed E-state index contributed by atoms with van der Waals surface area (Å²) in [5.74, 6) is -2.17. The first-order chi connectivity index (χ1) is 5.04. The van der Waals surface area contributed by atoms with Crippen LogP contribution in [0.25, 0.3) is 0 Å².